The summed E-state index contributed by atoms with van der Waals surface area (Å²) >= 11 is 0. The maximum absolute atomic E-state index is 4.28. The van der Waals surface area contributed by atoms with Crippen molar-refractivity contribution in [3.8, 4) is 11.1 Å². The molecule has 25 heavy (non-hydrogen) atoms. The second-order valence-corrected chi connectivity index (χ2v) is 7.25. The molecule has 0 atom stereocenters. The molecule has 0 bridgehead atoms. The summed E-state index contributed by atoms with van der Waals surface area (Å²) in [7, 11) is 2.14. The molecule has 128 valence electrons. The van der Waals surface area contributed by atoms with Crippen molar-refractivity contribution < 1.29 is 0 Å². The lowest BCUT2D eigenvalue weighted by Gasteiger charge is -2.18. The Bertz CT molecular complexity index is 894. The summed E-state index contributed by atoms with van der Waals surface area (Å²) in [4.78, 5) is 2.30. The molecule has 2 aromatic carbocycles. The predicted octanol–water partition coefficient (Wildman–Crippen LogP) is 4.06. The maximum Gasteiger partial charge on any atom is 0.147 e. The Balaban J connectivity index is 1.49. The lowest BCUT2D eigenvalue weighted by atomic mass is 10.0. The van der Waals surface area contributed by atoms with Gasteiger partial charge in [0.15, 0.2) is 0 Å². The van der Waals surface area contributed by atoms with Crippen LogP contribution in [-0.2, 0) is 19.5 Å². The van der Waals surface area contributed by atoms with Crippen LogP contribution in [0.25, 0.3) is 11.1 Å². The summed E-state index contributed by atoms with van der Waals surface area (Å²) < 4.78 is 2.13. The summed E-state index contributed by atoms with van der Waals surface area (Å²) in [5.41, 5.74) is 7.01. The number of rotatable bonds is 5. The molecule has 3 aromatic rings. The van der Waals surface area contributed by atoms with Gasteiger partial charge >= 0.3 is 0 Å². The van der Waals surface area contributed by atoms with Gasteiger partial charge in [-0.15, -0.1) is 10.2 Å². The van der Waals surface area contributed by atoms with E-state index in [-0.39, 0.29) is 0 Å². The first-order chi connectivity index (χ1) is 12.1. The molecule has 1 aliphatic rings. The van der Waals surface area contributed by atoms with Crippen LogP contribution < -0.4 is 0 Å². The van der Waals surface area contributed by atoms with Gasteiger partial charge in [0.05, 0.1) is 6.54 Å². The Hall–Kier alpha value is -2.46. The second kappa shape index (κ2) is 6.45. The molecule has 0 fully saturated rings. The average Bonchev–Trinajstić information content (AvgIpc) is 3.18. The molecule has 4 heteroatoms. The third kappa shape index (κ3) is 3.10. The van der Waals surface area contributed by atoms with Crippen LogP contribution in [0.4, 0.5) is 0 Å². The van der Waals surface area contributed by atoms with E-state index in [4.69, 9.17) is 0 Å². The van der Waals surface area contributed by atoms with Gasteiger partial charge < -0.3 is 4.57 Å². The van der Waals surface area contributed by atoms with Crippen LogP contribution in [0.1, 0.15) is 42.4 Å². The second-order valence-electron chi connectivity index (χ2n) is 7.25. The quantitative estimate of drug-likeness (QED) is 0.552. The van der Waals surface area contributed by atoms with Gasteiger partial charge in [0.2, 0.25) is 0 Å². The lowest BCUT2D eigenvalue weighted by Crippen LogP contribution is -2.20. The molecule has 0 spiro atoms. The maximum atomic E-state index is 4.28. The Labute approximate surface area is 149 Å². The van der Waals surface area contributed by atoms with Crippen molar-refractivity contribution in [2.24, 2.45) is 0 Å². The van der Waals surface area contributed by atoms with Crippen molar-refractivity contribution in [2.45, 2.75) is 39.4 Å². The Morgan fingerprint density at radius 3 is 2.68 bits per heavy atom. The zero-order valence-corrected chi connectivity index (χ0v) is 15.1. The first-order valence-electron chi connectivity index (χ1n) is 8.89. The van der Waals surface area contributed by atoms with Gasteiger partial charge in [-0.3, -0.25) is 4.90 Å². The molecule has 1 aromatic heterocycles. The topological polar surface area (TPSA) is 34.0 Å². The van der Waals surface area contributed by atoms with Crippen molar-refractivity contribution in [1.82, 2.24) is 19.7 Å². The van der Waals surface area contributed by atoms with Crippen molar-refractivity contribution in [1.29, 1.82) is 0 Å². The highest BCUT2D eigenvalue weighted by Gasteiger charge is 2.18. The number of benzene rings is 2. The third-order valence-corrected chi connectivity index (χ3v) is 4.93. The fourth-order valence-corrected chi connectivity index (χ4v) is 3.72. The highest BCUT2D eigenvalue weighted by Crippen LogP contribution is 2.36. The fraction of sp³-hybridized carbons (Fsp3) is 0.333. The average molecular weight is 332 g/mol. The van der Waals surface area contributed by atoms with Crippen molar-refractivity contribution in [3.05, 3.63) is 71.3 Å². The molecule has 0 saturated heterocycles. The minimum absolute atomic E-state index is 0.386. The first kappa shape index (κ1) is 16.0. The van der Waals surface area contributed by atoms with E-state index in [9.17, 15) is 0 Å². The molecule has 1 aliphatic carbocycles. The van der Waals surface area contributed by atoms with Crippen LogP contribution in [-0.4, -0.2) is 26.7 Å². The van der Waals surface area contributed by atoms with Gasteiger partial charge in [0.25, 0.3) is 0 Å². The molecule has 0 aliphatic heterocycles. The Kier molecular flexibility index (Phi) is 4.14. The van der Waals surface area contributed by atoms with Gasteiger partial charge in [-0.05, 0) is 55.1 Å². The van der Waals surface area contributed by atoms with Crippen LogP contribution in [0.3, 0.4) is 0 Å². The predicted molar refractivity (Wildman–Crippen MR) is 100 cm³/mol. The first-order valence-corrected chi connectivity index (χ1v) is 8.89. The minimum atomic E-state index is 0.386. The van der Waals surface area contributed by atoms with E-state index < -0.39 is 0 Å². The van der Waals surface area contributed by atoms with Gasteiger partial charge in [0.1, 0.15) is 12.2 Å². The summed E-state index contributed by atoms with van der Waals surface area (Å²) in [6.45, 7) is 6.03. The van der Waals surface area contributed by atoms with Crippen molar-refractivity contribution in [2.75, 3.05) is 7.05 Å². The summed E-state index contributed by atoms with van der Waals surface area (Å²) in [5, 5.41) is 8.34. The van der Waals surface area contributed by atoms with Gasteiger partial charge in [-0.25, -0.2) is 0 Å². The van der Waals surface area contributed by atoms with Gasteiger partial charge in [-0.1, -0.05) is 42.5 Å². The van der Waals surface area contributed by atoms with Crippen LogP contribution in [0.5, 0.6) is 0 Å². The highest BCUT2D eigenvalue weighted by molar-refractivity contribution is 5.76. The summed E-state index contributed by atoms with van der Waals surface area (Å²) in [6, 6.07) is 16.0. The zero-order chi connectivity index (χ0) is 17.4. The largest absolute Gasteiger partial charge is 0.314 e. The number of hydrogen-bond donors (Lipinski definition) is 0. The normalized spacial score (nSPS) is 12.7. The minimum Gasteiger partial charge on any atom is -0.314 e. The molecule has 0 saturated carbocycles. The number of aromatic nitrogens is 3. The third-order valence-electron chi connectivity index (χ3n) is 4.93. The van der Waals surface area contributed by atoms with Crippen LogP contribution in [0.2, 0.25) is 0 Å². The molecular formula is C21H24N4. The molecular weight excluding hydrogens is 308 g/mol. The van der Waals surface area contributed by atoms with Gasteiger partial charge in [0, 0.05) is 12.6 Å². The van der Waals surface area contributed by atoms with Gasteiger partial charge in [-0.2, -0.15) is 0 Å². The highest BCUT2D eigenvalue weighted by atomic mass is 15.3. The standard InChI is InChI=1S/C21H24N4/c1-15(2)25-14-22-23-21(25)13-24(3)12-16-8-9-20-18(10-16)11-17-6-4-5-7-19(17)20/h4-10,14-15H,11-13H2,1-3H3. The Morgan fingerprint density at radius 1 is 1.04 bits per heavy atom. The molecule has 0 amide bonds. The van der Waals surface area contributed by atoms with E-state index in [0.29, 0.717) is 6.04 Å². The number of fused-ring (bicyclic) bond motifs is 3. The smallest absolute Gasteiger partial charge is 0.147 e. The summed E-state index contributed by atoms with van der Waals surface area (Å²) in [6.07, 6.45) is 2.87. The van der Waals surface area contributed by atoms with Crippen LogP contribution >= 0.6 is 0 Å². The lowest BCUT2D eigenvalue weighted by molar-refractivity contribution is 0.302. The van der Waals surface area contributed by atoms with Crippen LogP contribution in [0, 0.1) is 0 Å². The van der Waals surface area contributed by atoms with Crippen molar-refractivity contribution in [3.63, 3.8) is 0 Å². The van der Waals surface area contributed by atoms with E-state index in [0.717, 1.165) is 25.3 Å². The van der Waals surface area contributed by atoms with Crippen LogP contribution in [0.15, 0.2) is 48.8 Å². The van der Waals surface area contributed by atoms with E-state index in [2.05, 4.69) is 83.0 Å². The zero-order valence-electron chi connectivity index (χ0n) is 15.1. The fourth-order valence-electron chi connectivity index (χ4n) is 3.72. The molecule has 4 rings (SSSR count). The molecule has 0 N–H and O–H groups in total. The van der Waals surface area contributed by atoms with E-state index in [1.165, 1.54) is 27.8 Å². The van der Waals surface area contributed by atoms with Crippen molar-refractivity contribution >= 4 is 0 Å². The molecule has 0 unspecified atom stereocenters. The molecule has 1 heterocycles. The Morgan fingerprint density at radius 2 is 1.84 bits per heavy atom. The van der Waals surface area contributed by atoms with E-state index >= 15 is 0 Å². The monoisotopic (exact) mass is 332 g/mol. The SMILES string of the molecule is CC(C)n1cnnc1CN(C)Cc1ccc2c(c1)Cc1ccccc1-2. The molecule has 4 nitrogen and oxygen atoms in total. The summed E-state index contributed by atoms with van der Waals surface area (Å²) in [5.74, 6) is 1.02. The molecule has 0 radical (unpaired) electrons. The van der Waals surface area contributed by atoms with E-state index in [1.807, 2.05) is 6.33 Å². The number of hydrogen-bond acceptors (Lipinski definition) is 3. The van der Waals surface area contributed by atoms with E-state index in [1.54, 1.807) is 0 Å². The number of nitrogens with zero attached hydrogens (tertiary/aromatic N) is 4.